The molecular weight excluding hydrogens is 515 g/mol. The molecule has 11 heteroatoms. The molecule has 3 aromatic rings. The number of fused-ring (bicyclic) bond motifs is 2. The van der Waals surface area contributed by atoms with Gasteiger partial charge in [-0.2, -0.15) is 0 Å². The van der Waals surface area contributed by atoms with E-state index in [-0.39, 0.29) is 43.8 Å². The van der Waals surface area contributed by atoms with Crippen molar-refractivity contribution in [3.8, 4) is 11.8 Å². The molecule has 5 rings (SSSR count). The Kier molecular flexibility index (Phi) is 7.91. The molecule has 0 amide bonds. The van der Waals surface area contributed by atoms with E-state index in [0.717, 1.165) is 24.0 Å². The molecule has 0 spiro atoms. The first-order valence-corrected chi connectivity index (χ1v) is 13.5. The van der Waals surface area contributed by atoms with Gasteiger partial charge in [-0.3, -0.25) is 23.6 Å². The zero-order chi connectivity index (χ0) is 28.4. The van der Waals surface area contributed by atoms with E-state index < -0.39 is 29.3 Å². The lowest BCUT2D eigenvalue weighted by molar-refractivity contribution is -0.143. The zero-order valence-corrected chi connectivity index (χ0v) is 22.7. The molecule has 3 heterocycles. The SMILES string of the molecule is CC#CCN1c2c(n(CC(=O)OCC)c(=O)n(Cc3ccc(F)c4ccccc34)c2=O)NC1N1CCCC(N)C1. The van der Waals surface area contributed by atoms with Crippen molar-refractivity contribution in [1.82, 2.24) is 14.0 Å². The van der Waals surface area contributed by atoms with Crippen LogP contribution < -0.4 is 27.2 Å². The van der Waals surface area contributed by atoms with E-state index in [4.69, 9.17) is 10.5 Å². The summed E-state index contributed by atoms with van der Waals surface area (Å²) in [5.41, 5.74) is 5.91. The van der Waals surface area contributed by atoms with Crippen molar-refractivity contribution in [3.05, 3.63) is 68.6 Å². The maximum atomic E-state index is 14.5. The summed E-state index contributed by atoms with van der Waals surface area (Å²) >= 11 is 0. The van der Waals surface area contributed by atoms with Crippen molar-refractivity contribution in [1.29, 1.82) is 0 Å². The number of benzene rings is 2. The number of aromatic nitrogens is 2. The second-order valence-corrected chi connectivity index (χ2v) is 9.98. The third-order valence-corrected chi connectivity index (χ3v) is 7.40. The van der Waals surface area contributed by atoms with Gasteiger partial charge in [-0.25, -0.2) is 9.18 Å². The van der Waals surface area contributed by atoms with Gasteiger partial charge >= 0.3 is 11.7 Å². The average Bonchev–Trinajstić information content (AvgIpc) is 3.33. The highest BCUT2D eigenvalue weighted by molar-refractivity contribution is 5.86. The highest BCUT2D eigenvalue weighted by atomic mass is 19.1. The number of carbonyl (C=O) groups is 1. The van der Waals surface area contributed by atoms with Crippen molar-refractivity contribution in [2.24, 2.45) is 5.73 Å². The van der Waals surface area contributed by atoms with E-state index in [9.17, 15) is 18.8 Å². The quantitative estimate of drug-likeness (QED) is 0.340. The Balaban J connectivity index is 1.68. The number of nitrogens with zero attached hydrogens (tertiary/aromatic N) is 4. The van der Waals surface area contributed by atoms with E-state index in [1.165, 1.54) is 10.6 Å². The Morgan fingerprint density at radius 2 is 1.95 bits per heavy atom. The number of likely N-dealkylation sites (tertiary alicyclic amines) is 1. The second-order valence-electron chi connectivity index (χ2n) is 9.98. The summed E-state index contributed by atoms with van der Waals surface area (Å²) in [5, 5.41) is 4.32. The molecule has 2 aliphatic heterocycles. The van der Waals surface area contributed by atoms with Crippen LogP contribution in [0.3, 0.4) is 0 Å². The molecule has 40 heavy (non-hydrogen) atoms. The van der Waals surface area contributed by atoms with Gasteiger partial charge in [-0.15, -0.1) is 5.92 Å². The third kappa shape index (κ3) is 5.08. The number of anilines is 2. The van der Waals surface area contributed by atoms with E-state index in [1.54, 1.807) is 44.2 Å². The first-order chi connectivity index (χ1) is 19.3. The minimum absolute atomic E-state index is 0.0245. The molecule has 1 fully saturated rings. The molecule has 2 unspecified atom stereocenters. The van der Waals surface area contributed by atoms with Gasteiger partial charge in [0.05, 0.1) is 19.7 Å². The first kappa shape index (κ1) is 27.4. The molecule has 2 atom stereocenters. The number of ether oxygens (including phenoxy) is 1. The Hall–Kier alpha value is -4.14. The number of hydrogen-bond donors (Lipinski definition) is 2. The van der Waals surface area contributed by atoms with Crippen molar-refractivity contribution >= 4 is 28.2 Å². The Bertz CT molecular complexity index is 1620. The smallest absolute Gasteiger partial charge is 0.333 e. The van der Waals surface area contributed by atoms with Gasteiger partial charge in [0.25, 0.3) is 5.56 Å². The van der Waals surface area contributed by atoms with Gasteiger partial charge in [0, 0.05) is 24.5 Å². The minimum Gasteiger partial charge on any atom is -0.465 e. The molecule has 0 aliphatic carbocycles. The second kappa shape index (κ2) is 11.5. The van der Waals surface area contributed by atoms with Gasteiger partial charge in [-0.1, -0.05) is 36.3 Å². The van der Waals surface area contributed by atoms with E-state index in [0.29, 0.717) is 22.9 Å². The predicted molar refractivity (Wildman–Crippen MR) is 152 cm³/mol. The fourth-order valence-electron chi connectivity index (χ4n) is 5.55. The van der Waals surface area contributed by atoms with Crippen LogP contribution in [0.25, 0.3) is 10.8 Å². The largest absolute Gasteiger partial charge is 0.465 e. The standard InChI is InChI=1S/C29H33FN6O4/c1-3-5-15-34-25-26(32-28(34)33-14-8-9-20(31)17-33)35(18-24(37)40-4-2)29(39)36(27(25)38)16-19-12-13-23(30)22-11-7-6-10-21(19)22/h6-7,10-13,20,28,32H,4,8-9,14-18,31H2,1-2H3. The maximum Gasteiger partial charge on any atom is 0.333 e. The van der Waals surface area contributed by atoms with Crippen LogP contribution in [-0.2, 0) is 22.6 Å². The molecule has 0 bridgehead atoms. The van der Waals surface area contributed by atoms with Crippen LogP contribution >= 0.6 is 0 Å². The molecule has 10 nitrogen and oxygen atoms in total. The number of esters is 1. The summed E-state index contributed by atoms with van der Waals surface area (Å²) < 4.78 is 22.0. The molecule has 2 aromatic carbocycles. The summed E-state index contributed by atoms with van der Waals surface area (Å²) in [5.74, 6) is 5.17. The summed E-state index contributed by atoms with van der Waals surface area (Å²) in [4.78, 5) is 44.5. The molecule has 0 radical (unpaired) electrons. The van der Waals surface area contributed by atoms with Gasteiger partial charge in [0.1, 0.15) is 23.9 Å². The molecule has 0 saturated carbocycles. The van der Waals surface area contributed by atoms with Crippen LogP contribution in [0.15, 0.2) is 46.0 Å². The van der Waals surface area contributed by atoms with Crippen LogP contribution in [0.4, 0.5) is 15.9 Å². The van der Waals surface area contributed by atoms with E-state index in [1.807, 2.05) is 4.90 Å². The Labute approximate surface area is 231 Å². The third-order valence-electron chi connectivity index (χ3n) is 7.40. The van der Waals surface area contributed by atoms with Crippen LogP contribution in [0.2, 0.25) is 0 Å². The van der Waals surface area contributed by atoms with Crippen molar-refractivity contribution in [3.63, 3.8) is 0 Å². The first-order valence-electron chi connectivity index (χ1n) is 13.5. The van der Waals surface area contributed by atoms with Gasteiger partial charge in [0.2, 0.25) is 0 Å². The number of piperidine rings is 1. The number of rotatable bonds is 7. The highest BCUT2D eigenvalue weighted by Gasteiger charge is 2.40. The van der Waals surface area contributed by atoms with Gasteiger partial charge in [0.15, 0.2) is 6.29 Å². The van der Waals surface area contributed by atoms with Crippen molar-refractivity contribution in [2.75, 3.05) is 36.5 Å². The number of hydrogen-bond acceptors (Lipinski definition) is 8. The summed E-state index contributed by atoms with van der Waals surface area (Å²) in [6.45, 7) is 4.62. The van der Waals surface area contributed by atoms with Gasteiger partial charge in [-0.05, 0) is 43.7 Å². The van der Waals surface area contributed by atoms with Crippen LogP contribution in [0.5, 0.6) is 0 Å². The van der Waals surface area contributed by atoms with E-state index in [2.05, 4.69) is 22.1 Å². The Morgan fingerprint density at radius 1 is 1.18 bits per heavy atom. The molecule has 2 aliphatic rings. The number of carbonyl (C=O) groups excluding carboxylic acids is 1. The van der Waals surface area contributed by atoms with Crippen molar-refractivity contribution in [2.45, 2.75) is 52.1 Å². The monoisotopic (exact) mass is 548 g/mol. The zero-order valence-electron chi connectivity index (χ0n) is 22.7. The van der Waals surface area contributed by atoms with E-state index >= 15 is 0 Å². The number of halogens is 1. The summed E-state index contributed by atoms with van der Waals surface area (Å²) in [6.07, 6.45) is 1.31. The van der Waals surface area contributed by atoms with Crippen molar-refractivity contribution < 1.29 is 13.9 Å². The number of nitrogens with one attached hydrogen (secondary N) is 1. The maximum absolute atomic E-state index is 14.5. The van der Waals surface area contributed by atoms with Crippen LogP contribution in [0.1, 0.15) is 32.3 Å². The van der Waals surface area contributed by atoms with Crippen LogP contribution in [-0.4, -0.2) is 58.6 Å². The molecule has 3 N–H and O–H groups in total. The molecule has 210 valence electrons. The van der Waals surface area contributed by atoms with Gasteiger partial charge < -0.3 is 20.7 Å². The fourth-order valence-corrected chi connectivity index (χ4v) is 5.55. The molecule has 1 saturated heterocycles. The Morgan fingerprint density at radius 3 is 2.67 bits per heavy atom. The average molecular weight is 549 g/mol. The normalized spacial score (nSPS) is 18.6. The van der Waals surface area contributed by atoms with Crippen LogP contribution in [0, 0.1) is 17.7 Å². The topological polar surface area (TPSA) is 115 Å². The lowest BCUT2D eigenvalue weighted by Crippen LogP contribution is -2.56. The lowest BCUT2D eigenvalue weighted by Gasteiger charge is -2.39. The lowest BCUT2D eigenvalue weighted by atomic mass is 10.0. The summed E-state index contributed by atoms with van der Waals surface area (Å²) in [6, 6.07) is 9.79. The summed E-state index contributed by atoms with van der Waals surface area (Å²) in [7, 11) is 0. The molecule has 1 aromatic heterocycles. The highest BCUT2D eigenvalue weighted by Crippen LogP contribution is 2.33. The number of nitrogens with two attached hydrogens (primary N) is 1. The fraction of sp³-hybridized carbons (Fsp3) is 0.414. The minimum atomic E-state index is -0.671. The molecular formula is C29H33FN6O4. The predicted octanol–water partition coefficient (Wildman–Crippen LogP) is 1.88.